The third-order valence-corrected chi connectivity index (χ3v) is 4.35. The number of carbonyl (C=O) groups is 1. The lowest BCUT2D eigenvalue weighted by Gasteiger charge is -2.36. The van der Waals surface area contributed by atoms with Crippen LogP contribution in [0.1, 0.15) is 27.7 Å². The van der Waals surface area contributed by atoms with Gasteiger partial charge in [0.15, 0.2) is 0 Å². The Labute approximate surface area is 138 Å². The Balaban J connectivity index is 1.86. The normalized spacial score (nSPS) is 16.5. The molecule has 1 aliphatic heterocycles. The maximum Gasteiger partial charge on any atom is 0.321 e. The third kappa shape index (κ3) is 4.71. The molecule has 1 fully saturated rings. The molecule has 5 heteroatoms. The van der Waals surface area contributed by atoms with Gasteiger partial charge in [0.25, 0.3) is 0 Å². The number of rotatable bonds is 2. The first-order valence-electron chi connectivity index (χ1n) is 8.00. The fourth-order valence-electron chi connectivity index (χ4n) is 2.30. The fraction of sp³-hybridized carbons (Fsp3) is 0.500. The van der Waals surface area contributed by atoms with Gasteiger partial charge in [0.1, 0.15) is 5.82 Å². The van der Waals surface area contributed by atoms with Crippen molar-refractivity contribution in [3.8, 4) is 0 Å². The summed E-state index contributed by atoms with van der Waals surface area (Å²) in [6, 6.07) is 6.43. The van der Waals surface area contributed by atoms with E-state index in [1.165, 1.54) is 12.1 Å². The van der Waals surface area contributed by atoms with Crippen LogP contribution in [-0.2, 0) is 0 Å². The minimum atomic E-state index is -0.229. The van der Waals surface area contributed by atoms with E-state index < -0.39 is 0 Å². The number of halogens is 1. The van der Waals surface area contributed by atoms with Crippen LogP contribution in [0.5, 0.6) is 0 Å². The van der Waals surface area contributed by atoms with E-state index in [0.29, 0.717) is 13.1 Å². The van der Waals surface area contributed by atoms with Gasteiger partial charge in [-0.25, -0.2) is 9.18 Å². The van der Waals surface area contributed by atoms with E-state index in [0.717, 1.165) is 24.4 Å². The summed E-state index contributed by atoms with van der Waals surface area (Å²) >= 11 is 0. The zero-order chi connectivity index (χ0) is 17.0. The second-order valence-electron chi connectivity index (χ2n) is 6.98. The van der Waals surface area contributed by atoms with Gasteiger partial charge in [-0.15, -0.1) is 0 Å². The average Bonchev–Trinajstić information content (AvgIpc) is 2.52. The van der Waals surface area contributed by atoms with Gasteiger partial charge in [-0.1, -0.05) is 26.3 Å². The molecule has 2 rings (SSSR count). The molecule has 23 heavy (non-hydrogen) atoms. The maximum atomic E-state index is 13.0. The third-order valence-electron chi connectivity index (χ3n) is 4.35. The Hall–Kier alpha value is -2.04. The smallest absolute Gasteiger partial charge is 0.321 e. The highest BCUT2D eigenvalue weighted by molar-refractivity contribution is 5.75. The molecule has 0 aromatic heterocycles. The predicted molar refractivity (Wildman–Crippen MR) is 91.9 cm³/mol. The first kappa shape index (κ1) is 17.3. The molecule has 0 aliphatic carbocycles. The standard InChI is InChI=1S/C18H26FN3O/c1-14(18(2,3)4)13-20-17(23)22-11-9-21(10-12-22)16-7-5-15(19)6-8-16/h5-8,13H,9-12H2,1-4H3,(H,20,23)/b14-13+. The second kappa shape index (κ2) is 7.02. The van der Waals surface area contributed by atoms with Crippen LogP contribution in [0.15, 0.2) is 36.0 Å². The first-order valence-corrected chi connectivity index (χ1v) is 8.00. The number of urea groups is 1. The highest BCUT2D eigenvalue weighted by atomic mass is 19.1. The summed E-state index contributed by atoms with van der Waals surface area (Å²) in [4.78, 5) is 16.2. The van der Waals surface area contributed by atoms with Crippen molar-refractivity contribution >= 4 is 11.7 Å². The van der Waals surface area contributed by atoms with Crippen LogP contribution in [0.3, 0.4) is 0 Å². The molecular formula is C18H26FN3O. The number of benzene rings is 1. The van der Waals surface area contributed by atoms with Gasteiger partial charge in [0.2, 0.25) is 0 Å². The lowest BCUT2D eigenvalue weighted by Crippen LogP contribution is -2.51. The maximum absolute atomic E-state index is 13.0. The highest BCUT2D eigenvalue weighted by Gasteiger charge is 2.21. The molecule has 126 valence electrons. The lowest BCUT2D eigenvalue weighted by molar-refractivity contribution is 0.198. The van der Waals surface area contributed by atoms with E-state index in [-0.39, 0.29) is 17.3 Å². The van der Waals surface area contributed by atoms with E-state index in [1.54, 1.807) is 18.3 Å². The number of amides is 2. The lowest BCUT2D eigenvalue weighted by atomic mass is 9.88. The van der Waals surface area contributed by atoms with Crippen molar-refractivity contribution in [2.75, 3.05) is 31.1 Å². The van der Waals surface area contributed by atoms with Crippen LogP contribution in [0.25, 0.3) is 0 Å². The zero-order valence-corrected chi connectivity index (χ0v) is 14.4. The average molecular weight is 319 g/mol. The Kier molecular flexibility index (Phi) is 5.29. The first-order chi connectivity index (χ1) is 10.8. The van der Waals surface area contributed by atoms with Gasteiger partial charge in [0, 0.05) is 38.1 Å². The van der Waals surface area contributed by atoms with Crippen molar-refractivity contribution in [1.29, 1.82) is 0 Å². The van der Waals surface area contributed by atoms with Gasteiger partial charge in [0.05, 0.1) is 0 Å². The predicted octanol–water partition coefficient (Wildman–Crippen LogP) is 3.61. The van der Waals surface area contributed by atoms with E-state index >= 15 is 0 Å². The molecule has 1 saturated heterocycles. The second-order valence-corrected chi connectivity index (χ2v) is 6.98. The minimum absolute atomic E-state index is 0.0502. The van der Waals surface area contributed by atoms with E-state index in [4.69, 9.17) is 0 Å². The molecule has 0 radical (unpaired) electrons. The SMILES string of the molecule is C/C(=C\NC(=O)N1CCN(c2ccc(F)cc2)CC1)C(C)(C)C. The number of anilines is 1. The Morgan fingerprint density at radius 3 is 2.22 bits per heavy atom. The largest absolute Gasteiger partial charge is 0.368 e. The quantitative estimate of drug-likeness (QED) is 0.904. The van der Waals surface area contributed by atoms with Crippen molar-refractivity contribution in [1.82, 2.24) is 10.2 Å². The number of nitrogens with one attached hydrogen (secondary N) is 1. The highest BCUT2D eigenvalue weighted by Crippen LogP contribution is 2.23. The molecule has 0 saturated carbocycles. The van der Waals surface area contributed by atoms with Crippen molar-refractivity contribution < 1.29 is 9.18 Å². The number of carbonyl (C=O) groups excluding carboxylic acids is 1. The van der Waals surface area contributed by atoms with Crippen molar-refractivity contribution in [2.24, 2.45) is 5.41 Å². The Morgan fingerprint density at radius 1 is 1.13 bits per heavy atom. The molecule has 2 amide bonds. The molecule has 4 nitrogen and oxygen atoms in total. The van der Waals surface area contributed by atoms with Crippen LogP contribution < -0.4 is 10.2 Å². The van der Waals surface area contributed by atoms with E-state index in [2.05, 4.69) is 31.0 Å². The van der Waals surface area contributed by atoms with Crippen LogP contribution in [0.2, 0.25) is 0 Å². The van der Waals surface area contributed by atoms with Crippen molar-refractivity contribution in [3.63, 3.8) is 0 Å². The molecular weight excluding hydrogens is 293 g/mol. The molecule has 0 spiro atoms. The summed E-state index contributed by atoms with van der Waals surface area (Å²) < 4.78 is 13.0. The fourth-order valence-corrected chi connectivity index (χ4v) is 2.30. The van der Waals surface area contributed by atoms with Crippen LogP contribution in [0, 0.1) is 11.2 Å². The monoisotopic (exact) mass is 319 g/mol. The van der Waals surface area contributed by atoms with Crippen LogP contribution in [0.4, 0.5) is 14.9 Å². The Bertz CT molecular complexity index is 567. The van der Waals surface area contributed by atoms with E-state index in [9.17, 15) is 9.18 Å². The van der Waals surface area contributed by atoms with Crippen molar-refractivity contribution in [3.05, 3.63) is 41.9 Å². The van der Waals surface area contributed by atoms with Crippen LogP contribution >= 0.6 is 0 Å². The van der Waals surface area contributed by atoms with Gasteiger partial charge in [-0.05, 0) is 36.6 Å². The molecule has 0 bridgehead atoms. The minimum Gasteiger partial charge on any atom is -0.368 e. The molecule has 1 aromatic carbocycles. The topological polar surface area (TPSA) is 35.6 Å². The number of nitrogens with zero attached hydrogens (tertiary/aromatic N) is 2. The zero-order valence-electron chi connectivity index (χ0n) is 14.4. The molecule has 1 heterocycles. The number of allylic oxidation sites excluding steroid dienone is 1. The molecule has 1 N–H and O–H groups in total. The van der Waals surface area contributed by atoms with Gasteiger partial charge < -0.3 is 15.1 Å². The van der Waals surface area contributed by atoms with E-state index in [1.807, 2.05) is 11.8 Å². The Morgan fingerprint density at radius 2 is 1.70 bits per heavy atom. The molecule has 1 aliphatic rings. The summed E-state index contributed by atoms with van der Waals surface area (Å²) in [5.74, 6) is -0.229. The van der Waals surface area contributed by atoms with Gasteiger partial charge >= 0.3 is 6.03 Å². The number of hydrogen-bond acceptors (Lipinski definition) is 2. The van der Waals surface area contributed by atoms with Crippen LogP contribution in [-0.4, -0.2) is 37.1 Å². The molecule has 1 aromatic rings. The number of piperazine rings is 1. The number of hydrogen-bond donors (Lipinski definition) is 1. The molecule has 0 atom stereocenters. The summed E-state index contributed by atoms with van der Waals surface area (Å²) in [5.41, 5.74) is 2.18. The summed E-state index contributed by atoms with van der Waals surface area (Å²) in [5, 5.41) is 2.88. The summed E-state index contributed by atoms with van der Waals surface area (Å²) in [7, 11) is 0. The van der Waals surface area contributed by atoms with Crippen molar-refractivity contribution in [2.45, 2.75) is 27.7 Å². The molecule has 0 unspecified atom stereocenters. The van der Waals surface area contributed by atoms with Gasteiger partial charge in [-0.3, -0.25) is 0 Å². The van der Waals surface area contributed by atoms with Gasteiger partial charge in [-0.2, -0.15) is 0 Å². The summed E-state index contributed by atoms with van der Waals surface area (Å²) in [6.45, 7) is 11.2. The summed E-state index contributed by atoms with van der Waals surface area (Å²) in [6.07, 6.45) is 1.80.